The number of H-pyrrole nitrogens is 2. The van der Waals surface area contributed by atoms with Crippen LogP contribution in [-0.4, -0.2) is 40.6 Å². The summed E-state index contributed by atoms with van der Waals surface area (Å²) in [4.78, 5) is 15.7. The first-order valence-electron chi connectivity index (χ1n) is 8.43. The van der Waals surface area contributed by atoms with Crippen LogP contribution in [0.5, 0.6) is 0 Å². The highest BCUT2D eigenvalue weighted by Crippen LogP contribution is 2.33. The van der Waals surface area contributed by atoms with E-state index in [-0.39, 0.29) is 5.56 Å². The van der Waals surface area contributed by atoms with Gasteiger partial charge >= 0.3 is 0 Å². The van der Waals surface area contributed by atoms with E-state index in [0.29, 0.717) is 39.6 Å². The molecule has 3 heterocycles. The molecule has 142 valence electrons. The maximum atomic E-state index is 14.4. The molecule has 11 heteroatoms. The van der Waals surface area contributed by atoms with Crippen LogP contribution in [0.2, 0.25) is 0 Å². The van der Waals surface area contributed by atoms with Gasteiger partial charge < -0.3 is 10.3 Å². The number of fused-ring (bicyclic) bond motifs is 1. The maximum absolute atomic E-state index is 14.4. The number of anilines is 2. The molecule has 0 atom stereocenters. The molecule has 0 aliphatic carbocycles. The second-order valence-corrected chi connectivity index (χ2v) is 6.12. The molecule has 29 heavy (non-hydrogen) atoms. The van der Waals surface area contributed by atoms with Gasteiger partial charge in [0.1, 0.15) is 11.6 Å². The van der Waals surface area contributed by atoms with Crippen LogP contribution >= 0.6 is 0 Å². The lowest BCUT2D eigenvalue weighted by Crippen LogP contribution is -1.98. The van der Waals surface area contributed by atoms with Gasteiger partial charge in [0.2, 0.25) is 5.95 Å². The number of aromatic nitrogens is 8. The van der Waals surface area contributed by atoms with Crippen molar-refractivity contribution in [1.82, 2.24) is 40.6 Å². The smallest absolute Gasteiger partial charge is 0.227 e. The minimum absolute atomic E-state index is 0.237. The zero-order chi connectivity index (χ0) is 19.8. The van der Waals surface area contributed by atoms with E-state index in [1.165, 1.54) is 18.5 Å². The van der Waals surface area contributed by atoms with Crippen molar-refractivity contribution >= 4 is 22.7 Å². The van der Waals surface area contributed by atoms with E-state index < -0.39 is 11.6 Å². The van der Waals surface area contributed by atoms with Gasteiger partial charge in [-0.25, -0.2) is 28.8 Å². The minimum Gasteiger partial charge on any atom is -0.345 e. The first-order chi connectivity index (χ1) is 14.2. The van der Waals surface area contributed by atoms with Crippen molar-refractivity contribution in [2.24, 2.45) is 0 Å². The summed E-state index contributed by atoms with van der Waals surface area (Å²) in [5, 5.41) is 16.5. The molecule has 3 aromatic heterocycles. The molecule has 0 spiro atoms. The van der Waals surface area contributed by atoms with Crippen molar-refractivity contribution < 1.29 is 8.78 Å². The highest BCUT2D eigenvalue weighted by atomic mass is 19.1. The van der Waals surface area contributed by atoms with Crippen LogP contribution in [0.1, 0.15) is 0 Å². The molecule has 5 rings (SSSR count). The molecule has 0 saturated heterocycles. The number of hydrogen-bond acceptors (Lipinski definition) is 7. The number of nitrogens with one attached hydrogen (secondary N) is 3. The topological polar surface area (TPSA) is 121 Å². The third kappa shape index (κ3) is 3.14. The average Bonchev–Trinajstić information content (AvgIpc) is 3.40. The first kappa shape index (κ1) is 16.9. The highest BCUT2D eigenvalue weighted by Gasteiger charge is 2.14. The summed E-state index contributed by atoms with van der Waals surface area (Å²) >= 11 is 0. The van der Waals surface area contributed by atoms with E-state index in [0.717, 1.165) is 6.07 Å². The first-order valence-corrected chi connectivity index (χ1v) is 8.43. The second kappa shape index (κ2) is 6.71. The van der Waals surface area contributed by atoms with Crippen LogP contribution in [0, 0.1) is 11.6 Å². The molecule has 3 N–H and O–H groups in total. The number of nitrogens with zero attached hydrogens (tertiary/aromatic N) is 6. The van der Waals surface area contributed by atoms with Gasteiger partial charge in [-0.2, -0.15) is 0 Å². The molecule has 0 bridgehead atoms. The molecule has 0 unspecified atom stereocenters. The zero-order valence-corrected chi connectivity index (χ0v) is 14.6. The predicted octanol–water partition coefficient (Wildman–Crippen LogP) is 3.22. The van der Waals surface area contributed by atoms with Crippen molar-refractivity contribution in [1.29, 1.82) is 0 Å². The molecule has 0 aliphatic heterocycles. The van der Waals surface area contributed by atoms with Crippen molar-refractivity contribution in [3.05, 3.63) is 60.7 Å². The van der Waals surface area contributed by atoms with Crippen molar-refractivity contribution in [3.8, 4) is 22.5 Å². The summed E-state index contributed by atoms with van der Waals surface area (Å²) < 4.78 is 27.7. The van der Waals surface area contributed by atoms with E-state index >= 15 is 0 Å². The summed E-state index contributed by atoms with van der Waals surface area (Å²) in [7, 11) is 0. The standard InChI is InChI=1S/C18H11F2N9/c19-10-1-2-12(14(20)3-10)13-4-11(5-15-16(13)24-8-23-15)25-18-21-6-9(7-22-18)17-26-28-29-27-17/h1-8H,(H,23,24)(H,21,22,25)(H,26,27,28,29). The molecule has 0 saturated carbocycles. The van der Waals surface area contributed by atoms with Gasteiger partial charge in [-0.1, -0.05) is 0 Å². The van der Waals surface area contributed by atoms with Gasteiger partial charge in [0.25, 0.3) is 0 Å². The fraction of sp³-hybridized carbons (Fsp3) is 0. The Balaban J connectivity index is 1.52. The van der Waals surface area contributed by atoms with Crippen molar-refractivity contribution in [2.75, 3.05) is 5.32 Å². The third-order valence-corrected chi connectivity index (χ3v) is 4.27. The Bertz CT molecular complexity index is 1300. The van der Waals surface area contributed by atoms with E-state index in [9.17, 15) is 8.78 Å². The molecule has 2 aromatic carbocycles. The Morgan fingerprint density at radius 2 is 1.79 bits per heavy atom. The van der Waals surface area contributed by atoms with Gasteiger partial charge in [0.15, 0.2) is 5.82 Å². The summed E-state index contributed by atoms with van der Waals surface area (Å²) in [5.41, 5.74) is 3.22. The maximum Gasteiger partial charge on any atom is 0.227 e. The summed E-state index contributed by atoms with van der Waals surface area (Å²) in [6.45, 7) is 0. The monoisotopic (exact) mass is 391 g/mol. The largest absolute Gasteiger partial charge is 0.345 e. The Labute approximate surface area is 161 Å². The molecular formula is C18H11F2N9. The van der Waals surface area contributed by atoms with Crippen LogP contribution in [0.4, 0.5) is 20.4 Å². The van der Waals surface area contributed by atoms with E-state index in [1.807, 2.05) is 0 Å². The van der Waals surface area contributed by atoms with Crippen LogP contribution in [-0.2, 0) is 0 Å². The van der Waals surface area contributed by atoms with Crippen LogP contribution in [0.3, 0.4) is 0 Å². The predicted molar refractivity (Wildman–Crippen MR) is 99.9 cm³/mol. The van der Waals surface area contributed by atoms with E-state index in [2.05, 4.69) is 45.9 Å². The highest BCUT2D eigenvalue weighted by molar-refractivity contribution is 5.95. The zero-order valence-electron chi connectivity index (χ0n) is 14.6. The summed E-state index contributed by atoms with van der Waals surface area (Å²) in [5.74, 6) is -0.544. The molecular weight excluding hydrogens is 380 g/mol. The fourth-order valence-electron chi connectivity index (χ4n) is 2.96. The number of benzene rings is 2. The van der Waals surface area contributed by atoms with Gasteiger partial charge in [0.05, 0.1) is 22.9 Å². The number of aromatic amines is 2. The van der Waals surface area contributed by atoms with Crippen LogP contribution < -0.4 is 5.32 Å². The lowest BCUT2D eigenvalue weighted by molar-refractivity contribution is 0.585. The Hall–Kier alpha value is -4.28. The number of hydrogen-bond donors (Lipinski definition) is 3. The molecule has 0 amide bonds. The second-order valence-electron chi connectivity index (χ2n) is 6.12. The average molecular weight is 391 g/mol. The SMILES string of the molecule is Fc1ccc(-c2cc(Nc3ncc(-c4nnn[nH]4)cn3)cc3[nH]cnc23)c(F)c1. The fourth-order valence-corrected chi connectivity index (χ4v) is 2.96. The quantitative estimate of drug-likeness (QED) is 0.430. The summed E-state index contributed by atoms with van der Waals surface area (Å²) in [6, 6.07) is 6.93. The van der Waals surface area contributed by atoms with Gasteiger partial charge in [-0.15, -0.1) is 5.10 Å². The number of rotatable bonds is 4. The number of halogens is 2. The molecule has 0 radical (unpaired) electrons. The van der Waals surface area contributed by atoms with Gasteiger partial charge in [-0.05, 0) is 34.7 Å². The lowest BCUT2D eigenvalue weighted by atomic mass is 10.0. The Morgan fingerprint density at radius 3 is 2.55 bits per heavy atom. The Kier molecular flexibility index (Phi) is 3.90. The van der Waals surface area contributed by atoms with Crippen LogP contribution in [0.15, 0.2) is 49.1 Å². The summed E-state index contributed by atoms with van der Waals surface area (Å²) in [6.07, 6.45) is 4.63. The molecule has 5 aromatic rings. The number of tetrazole rings is 1. The van der Waals surface area contributed by atoms with Crippen molar-refractivity contribution in [3.63, 3.8) is 0 Å². The van der Waals surface area contributed by atoms with E-state index in [4.69, 9.17) is 0 Å². The van der Waals surface area contributed by atoms with E-state index in [1.54, 1.807) is 24.5 Å². The van der Waals surface area contributed by atoms with Gasteiger partial charge in [0, 0.05) is 35.3 Å². The normalized spacial score (nSPS) is 11.1. The van der Waals surface area contributed by atoms with Crippen LogP contribution in [0.25, 0.3) is 33.5 Å². The minimum atomic E-state index is -0.673. The number of imidazole rings is 1. The lowest BCUT2D eigenvalue weighted by Gasteiger charge is -2.10. The van der Waals surface area contributed by atoms with Gasteiger partial charge in [-0.3, -0.25) is 0 Å². The molecule has 0 fully saturated rings. The molecule has 9 nitrogen and oxygen atoms in total. The molecule has 0 aliphatic rings. The Morgan fingerprint density at radius 1 is 0.931 bits per heavy atom. The van der Waals surface area contributed by atoms with Crippen molar-refractivity contribution in [2.45, 2.75) is 0 Å². The third-order valence-electron chi connectivity index (χ3n) is 4.27.